The van der Waals surface area contributed by atoms with E-state index in [9.17, 15) is 9.59 Å². The largest absolute Gasteiger partial charge is 0.481 e. The van der Waals surface area contributed by atoms with Crippen LogP contribution in [0.5, 0.6) is 0 Å². The summed E-state index contributed by atoms with van der Waals surface area (Å²) >= 11 is 0. The first-order valence-electron chi connectivity index (χ1n) is 7.48. The first kappa shape index (κ1) is 17.9. The average Bonchev–Trinajstić information content (AvgIpc) is 2.35. The van der Waals surface area contributed by atoms with E-state index < -0.39 is 5.97 Å². The first-order valence-corrected chi connectivity index (χ1v) is 7.48. The summed E-state index contributed by atoms with van der Waals surface area (Å²) in [5.74, 6) is 0.216. The van der Waals surface area contributed by atoms with Crippen molar-refractivity contribution in [3.63, 3.8) is 0 Å². The lowest BCUT2D eigenvalue weighted by Gasteiger charge is -2.16. The van der Waals surface area contributed by atoms with Gasteiger partial charge in [0, 0.05) is 19.4 Å². The second-order valence-corrected chi connectivity index (χ2v) is 5.44. The third-order valence-corrected chi connectivity index (χ3v) is 3.57. The summed E-state index contributed by atoms with van der Waals surface area (Å²) in [5, 5.41) is 11.6. The zero-order chi connectivity index (χ0) is 14.7. The van der Waals surface area contributed by atoms with Crippen LogP contribution in [-0.2, 0) is 9.59 Å². The van der Waals surface area contributed by atoms with E-state index in [0.717, 1.165) is 25.7 Å². The third-order valence-electron chi connectivity index (χ3n) is 3.57. The van der Waals surface area contributed by atoms with E-state index in [1.54, 1.807) is 0 Å². The molecular weight excluding hydrogens is 242 g/mol. The van der Waals surface area contributed by atoms with Gasteiger partial charge in [-0.15, -0.1) is 0 Å². The van der Waals surface area contributed by atoms with Gasteiger partial charge in [-0.25, -0.2) is 0 Å². The van der Waals surface area contributed by atoms with Gasteiger partial charge in [0.1, 0.15) is 0 Å². The molecular formula is C15H29NO3. The Labute approximate surface area is 117 Å². The van der Waals surface area contributed by atoms with E-state index in [4.69, 9.17) is 5.11 Å². The maximum atomic E-state index is 11.6. The molecule has 0 bridgehead atoms. The van der Waals surface area contributed by atoms with Crippen molar-refractivity contribution in [1.82, 2.24) is 5.32 Å². The van der Waals surface area contributed by atoms with Gasteiger partial charge in [-0.3, -0.25) is 9.59 Å². The summed E-state index contributed by atoms with van der Waals surface area (Å²) in [6.07, 6.45) is 5.53. The van der Waals surface area contributed by atoms with Crippen molar-refractivity contribution in [2.24, 2.45) is 11.8 Å². The molecule has 4 nitrogen and oxygen atoms in total. The van der Waals surface area contributed by atoms with Crippen LogP contribution in [0.25, 0.3) is 0 Å². The smallest absolute Gasteiger partial charge is 0.303 e. The molecule has 112 valence electrons. The molecule has 0 heterocycles. The van der Waals surface area contributed by atoms with Crippen LogP contribution in [0.15, 0.2) is 0 Å². The van der Waals surface area contributed by atoms with E-state index in [1.807, 2.05) is 0 Å². The zero-order valence-corrected chi connectivity index (χ0v) is 12.6. The molecule has 4 heteroatoms. The molecule has 1 amide bonds. The quantitative estimate of drug-likeness (QED) is 0.606. The van der Waals surface area contributed by atoms with Crippen molar-refractivity contribution >= 4 is 11.9 Å². The summed E-state index contributed by atoms with van der Waals surface area (Å²) in [6, 6.07) is 0. The Morgan fingerprint density at radius 2 is 1.84 bits per heavy atom. The van der Waals surface area contributed by atoms with Crippen molar-refractivity contribution < 1.29 is 14.7 Å². The van der Waals surface area contributed by atoms with Crippen molar-refractivity contribution in [1.29, 1.82) is 0 Å². The van der Waals surface area contributed by atoms with Gasteiger partial charge in [0.2, 0.25) is 5.91 Å². The number of rotatable bonds is 11. The number of hydrogen-bond acceptors (Lipinski definition) is 2. The fraction of sp³-hybridized carbons (Fsp3) is 0.867. The molecule has 0 aromatic heterocycles. The van der Waals surface area contributed by atoms with Crippen molar-refractivity contribution in [2.45, 2.75) is 65.7 Å². The minimum absolute atomic E-state index is 0.114. The molecule has 0 aromatic rings. The number of hydrogen-bond donors (Lipinski definition) is 2. The van der Waals surface area contributed by atoms with E-state index in [2.05, 4.69) is 26.1 Å². The molecule has 0 spiro atoms. The number of carbonyl (C=O) groups is 2. The predicted molar refractivity (Wildman–Crippen MR) is 77.0 cm³/mol. The highest BCUT2D eigenvalue weighted by Crippen LogP contribution is 2.17. The molecule has 19 heavy (non-hydrogen) atoms. The van der Waals surface area contributed by atoms with Crippen LogP contribution in [0.3, 0.4) is 0 Å². The van der Waals surface area contributed by atoms with Gasteiger partial charge < -0.3 is 10.4 Å². The first-order chi connectivity index (χ1) is 8.99. The number of carboxylic acids is 1. The molecule has 0 saturated carbocycles. The highest BCUT2D eigenvalue weighted by atomic mass is 16.4. The number of nitrogens with one attached hydrogen (secondary N) is 1. The highest BCUT2D eigenvalue weighted by Gasteiger charge is 2.11. The minimum Gasteiger partial charge on any atom is -0.481 e. The summed E-state index contributed by atoms with van der Waals surface area (Å²) in [5.41, 5.74) is 0. The second-order valence-electron chi connectivity index (χ2n) is 5.44. The third kappa shape index (κ3) is 10.5. The summed E-state index contributed by atoms with van der Waals surface area (Å²) in [7, 11) is 0. The molecule has 2 unspecified atom stereocenters. The van der Waals surface area contributed by atoms with E-state index in [-0.39, 0.29) is 12.3 Å². The number of aliphatic carboxylic acids is 1. The SMILES string of the molecule is CCCC(CCNC(=O)CC(C)CC)CCC(=O)O. The number of carboxylic acid groups (broad SMARTS) is 1. The summed E-state index contributed by atoms with van der Waals surface area (Å²) in [6.45, 7) is 6.93. The average molecular weight is 271 g/mol. The number of carbonyl (C=O) groups excluding carboxylic acids is 1. The van der Waals surface area contributed by atoms with Crippen LogP contribution in [0.2, 0.25) is 0 Å². The van der Waals surface area contributed by atoms with E-state index >= 15 is 0 Å². The van der Waals surface area contributed by atoms with Crippen LogP contribution in [0.4, 0.5) is 0 Å². The Morgan fingerprint density at radius 1 is 1.16 bits per heavy atom. The lowest BCUT2D eigenvalue weighted by Crippen LogP contribution is -2.27. The van der Waals surface area contributed by atoms with Gasteiger partial charge in [-0.05, 0) is 24.7 Å². The molecule has 0 saturated heterocycles. The molecule has 0 radical (unpaired) electrons. The fourth-order valence-corrected chi connectivity index (χ4v) is 2.12. The zero-order valence-electron chi connectivity index (χ0n) is 12.6. The highest BCUT2D eigenvalue weighted by molar-refractivity contribution is 5.76. The Balaban J connectivity index is 3.84. The molecule has 2 N–H and O–H groups in total. The maximum absolute atomic E-state index is 11.6. The predicted octanol–water partition coefficient (Wildman–Crippen LogP) is 3.21. The Morgan fingerprint density at radius 3 is 2.37 bits per heavy atom. The van der Waals surface area contributed by atoms with Crippen molar-refractivity contribution in [3.8, 4) is 0 Å². The monoisotopic (exact) mass is 271 g/mol. The molecule has 2 atom stereocenters. The molecule has 0 aliphatic heterocycles. The molecule has 0 fully saturated rings. The normalized spacial score (nSPS) is 13.8. The van der Waals surface area contributed by atoms with Crippen LogP contribution < -0.4 is 5.32 Å². The fourth-order valence-electron chi connectivity index (χ4n) is 2.12. The molecule has 0 aromatic carbocycles. The van der Waals surface area contributed by atoms with E-state index in [0.29, 0.717) is 31.2 Å². The van der Waals surface area contributed by atoms with E-state index in [1.165, 1.54) is 0 Å². The standard InChI is InChI=1S/C15H29NO3/c1-4-6-13(7-8-15(18)19)9-10-16-14(17)11-12(3)5-2/h12-13H,4-11H2,1-3H3,(H,16,17)(H,18,19). The van der Waals surface area contributed by atoms with Gasteiger partial charge in [0.05, 0.1) is 0 Å². The van der Waals surface area contributed by atoms with Gasteiger partial charge in [0.25, 0.3) is 0 Å². The Kier molecular flexibility index (Phi) is 10.2. The lowest BCUT2D eigenvalue weighted by molar-refractivity contribution is -0.137. The minimum atomic E-state index is -0.734. The Hall–Kier alpha value is -1.06. The van der Waals surface area contributed by atoms with Gasteiger partial charge in [0.15, 0.2) is 0 Å². The topological polar surface area (TPSA) is 66.4 Å². The molecule has 0 aliphatic rings. The molecule has 0 rings (SSSR count). The second kappa shape index (κ2) is 10.8. The van der Waals surface area contributed by atoms with Gasteiger partial charge >= 0.3 is 5.97 Å². The maximum Gasteiger partial charge on any atom is 0.303 e. The van der Waals surface area contributed by atoms with Crippen LogP contribution in [0.1, 0.15) is 65.7 Å². The van der Waals surface area contributed by atoms with Crippen molar-refractivity contribution in [3.05, 3.63) is 0 Å². The summed E-state index contributed by atoms with van der Waals surface area (Å²) in [4.78, 5) is 22.2. The Bertz CT molecular complexity index is 266. The summed E-state index contributed by atoms with van der Waals surface area (Å²) < 4.78 is 0. The van der Waals surface area contributed by atoms with Crippen LogP contribution >= 0.6 is 0 Å². The molecule has 0 aliphatic carbocycles. The van der Waals surface area contributed by atoms with Crippen molar-refractivity contribution in [2.75, 3.05) is 6.54 Å². The van der Waals surface area contributed by atoms with Crippen LogP contribution in [0, 0.1) is 11.8 Å². The van der Waals surface area contributed by atoms with Crippen LogP contribution in [-0.4, -0.2) is 23.5 Å². The number of amides is 1. The van der Waals surface area contributed by atoms with Gasteiger partial charge in [-0.1, -0.05) is 40.0 Å². The van der Waals surface area contributed by atoms with Gasteiger partial charge in [-0.2, -0.15) is 0 Å². The lowest BCUT2D eigenvalue weighted by atomic mass is 9.94.